The summed E-state index contributed by atoms with van der Waals surface area (Å²) >= 11 is 0. The van der Waals surface area contributed by atoms with Gasteiger partial charge in [0.25, 0.3) is 0 Å². The molecule has 3 unspecified atom stereocenters. The molecular formula is C22H29N4O2. The van der Waals surface area contributed by atoms with E-state index in [2.05, 4.69) is 41.2 Å². The van der Waals surface area contributed by atoms with Crippen LogP contribution >= 0.6 is 0 Å². The molecule has 0 N–H and O–H groups in total. The Bertz CT molecular complexity index is 780. The summed E-state index contributed by atoms with van der Waals surface area (Å²) in [6.07, 6.45) is 4.65. The Morgan fingerprint density at radius 2 is 1.89 bits per heavy atom. The Kier molecular flexibility index (Phi) is 5.18. The van der Waals surface area contributed by atoms with Crippen LogP contribution in [-0.4, -0.2) is 54.1 Å². The highest BCUT2D eigenvalue weighted by Gasteiger charge is 2.37. The Balaban J connectivity index is 1.38. The summed E-state index contributed by atoms with van der Waals surface area (Å²) in [6, 6.07) is 9.11. The molecule has 0 bridgehead atoms. The lowest BCUT2D eigenvalue weighted by Gasteiger charge is -2.41. The topological polar surface area (TPSA) is 65.5 Å². The van der Waals surface area contributed by atoms with Gasteiger partial charge in [0.1, 0.15) is 0 Å². The van der Waals surface area contributed by atoms with E-state index in [1.54, 1.807) is 0 Å². The third-order valence-electron chi connectivity index (χ3n) is 6.35. The molecule has 2 aromatic rings. The smallest absolute Gasteiger partial charge is 0.231 e. The Hall–Kier alpha value is -1.76. The molecule has 1 aromatic heterocycles. The second-order valence-corrected chi connectivity index (χ2v) is 8.41. The zero-order valence-electron chi connectivity index (χ0n) is 16.6. The predicted molar refractivity (Wildman–Crippen MR) is 105 cm³/mol. The van der Waals surface area contributed by atoms with Gasteiger partial charge in [-0.15, -0.1) is 0 Å². The van der Waals surface area contributed by atoms with Gasteiger partial charge in [-0.25, -0.2) is 5.32 Å². The molecule has 0 amide bonds. The van der Waals surface area contributed by atoms with Gasteiger partial charge in [0.2, 0.25) is 5.89 Å². The maximum atomic E-state index is 5.71. The van der Waals surface area contributed by atoms with E-state index < -0.39 is 0 Å². The quantitative estimate of drug-likeness (QED) is 0.796. The minimum absolute atomic E-state index is 0.139. The lowest BCUT2D eigenvalue weighted by molar-refractivity contribution is -0.00937. The molecule has 2 aliphatic heterocycles. The van der Waals surface area contributed by atoms with E-state index in [0.717, 1.165) is 50.8 Å². The van der Waals surface area contributed by atoms with Crippen molar-refractivity contribution in [1.82, 2.24) is 20.4 Å². The van der Waals surface area contributed by atoms with Crippen molar-refractivity contribution in [2.45, 2.75) is 56.5 Å². The van der Waals surface area contributed by atoms with E-state index >= 15 is 0 Å². The lowest BCUT2D eigenvalue weighted by atomic mass is 9.83. The number of ether oxygens (including phenoxy) is 1. The van der Waals surface area contributed by atoms with E-state index in [9.17, 15) is 0 Å². The second-order valence-electron chi connectivity index (χ2n) is 8.41. The first-order valence-electron chi connectivity index (χ1n) is 10.7. The van der Waals surface area contributed by atoms with Crippen molar-refractivity contribution >= 4 is 0 Å². The van der Waals surface area contributed by atoms with Crippen LogP contribution in [0.25, 0.3) is 0 Å². The zero-order valence-corrected chi connectivity index (χ0v) is 16.6. The number of aromatic nitrogens is 2. The Labute approximate surface area is 166 Å². The Morgan fingerprint density at radius 3 is 2.61 bits per heavy atom. The normalized spacial score (nSPS) is 29.1. The monoisotopic (exact) mass is 381 g/mol. The molecule has 1 radical (unpaired) electrons. The molecule has 149 valence electrons. The standard InChI is InChI=1S/C22H29N4O2/c1-2-15-3-5-16(6-4-15)18-11-19(22-24-21(25-28-22)17-7-8-17)13-26(12-18)20-14-27-10-9-23-20/h3-6,17-20H,2,7-14H2,1H3. The van der Waals surface area contributed by atoms with Crippen LogP contribution in [0, 0.1) is 0 Å². The van der Waals surface area contributed by atoms with Crippen molar-refractivity contribution < 1.29 is 9.26 Å². The molecule has 2 saturated heterocycles. The highest BCUT2D eigenvalue weighted by atomic mass is 16.5. The number of nitrogens with zero attached hydrogens (tertiary/aromatic N) is 4. The first kappa shape index (κ1) is 18.3. The second kappa shape index (κ2) is 7.93. The van der Waals surface area contributed by atoms with Gasteiger partial charge in [-0.3, -0.25) is 4.90 Å². The van der Waals surface area contributed by atoms with Crippen LogP contribution in [-0.2, 0) is 11.2 Å². The van der Waals surface area contributed by atoms with Gasteiger partial charge in [-0.05, 0) is 42.7 Å². The molecule has 5 rings (SSSR count). The van der Waals surface area contributed by atoms with Gasteiger partial charge in [-0.1, -0.05) is 36.3 Å². The summed E-state index contributed by atoms with van der Waals surface area (Å²) < 4.78 is 11.4. The number of hydrogen-bond donors (Lipinski definition) is 0. The minimum atomic E-state index is 0.139. The molecule has 6 nitrogen and oxygen atoms in total. The van der Waals surface area contributed by atoms with Crippen LogP contribution in [0.2, 0.25) is 0 Å². The maximum Gasteiger partial charge on any atom is 0.231 e. The zero-order chi connectivity index (χ0) is 18.9. The molecule has 6 heteroatoms. The number of likely N-dealkylation sites (tertiary alicyclic amines) is 1. The molecule has 0 spiro atoms. The first-order chi connectivity index (χ1) is 13.8. The fraction of sp³-hybridized carbons (Fsp3) is 0.636. The van der Waals surface area contributed by atoms with Gasteiger partial charge in [0.15, 0.2) is 5.82 Å². The average Bonchev–Trinajstić information content (AvgIpc) is 3.50. The first-order valence-corrected chi connectivity index (χ1v) is 10.7. The fourth-order valence-corrected chi connectivity index (χ4v) is 4.47. The Morgan fingerprint density at radius 1 is 1.07 bits per heavy atom. The van der Waals surface area contributed by atoms with Crippen LogP contribution in [0.1, 0.15) is 66.8 Å². The van der Waals surface area contributed by atoms with Crippen molar-refractivity contribution in [2.24, 2.45) is 0 Å². The summed E-state index contributed by atoms with van der Waals surface area (Å²) in [7, 11) is 0. The van der Waals surface area contributed by atoms with Gasteiger partial charge in [-0.2, -0.15) is 4.98 Å². The van der Waals surface area contributed by atoms with Crippen LogP contribution in [0.15, 0.2) is 28.8 Å². The number of hydrogen-bond acceptors (Lipinski definition) is 5. The molecule has 28 heavy (non-hydrogen) atoms. The molecule has 3 aliphatic rings. The van der Waals surface area contributed by atoms with E-state index in [1.807, 2.05) is 0 Å². The summed E-state index contributed by atoms with van der Waals surface area (Å²) in [4.78, 5) is 7.23. The third kappa shape index (κ3) is 3.86. The number of aryl methyl sites for hydroxylation is 1. The minimum Gasteiger partial charge on any atom is -0.377 e. The lowest BCUT2D eigenvalue weighted by Crippen LogP contribution is -2.53. The van der Waals surface area contributed by atoms with Gasteiger partial charge >= 0.3 is 0 Å². The predicted octanol–water partition coefficient (Wildman–Crippen LogP) is 3.04. The van der Waals surface area contributed by atoms with E-state index in [1.165, 1.54) is 24.0 Å². The SMILES string of the molecule is CCc1ccc(C2CC(c3nc(C4CC4)no3)CN(C3COCC[N]3)C2)cc1. The molecule has 1 saturated carbocycles. The van der Waals surface area contributed by atoms with Crippen LogP contribution in [0.4, 0.5) is 0 Å². The molecule has 1 aromatic carbocycles. The average molecular weight is 382 g/mol. The number of rotatable bonds is 5. The highest BCUT2D eigenvalue weighted by Crippen LogP contribution is 2.40. The van der Waals surface area contributed by atoms with Crippen molar-refractivity contribution in [1.29, 1.82) is 0 Å². The van der Waals surface area contributed by atoms with Crippen molar-refractivity contribution in [3.63, 3.8) is 0 Å². The number of morpholine rings is 1. The number of piperidine rings is 1. The molecule has 1 aliphatic carbocycles. The van der Waals surface area contributed by atoms with E-state index in [-0.39, 0.29) is 12.1 Å². The van der Waals surface area contributed by atoms with E-state index in [4.69, 9.17) is 19.6 Å². The molecule has 3 fully saturated rings. The molecule has 3 heterocycles. The van der Waals surface area contributed by atoms with Gasteiger partial charge < -0.3 is 9.26 Å². The largest absolute Gasteiger partial charge is 0.377 e. The summed E-state index contributed by atoms with van der Waals surface area (Å²) in [5.41, 5.74) is 2.78. The summed E-state index contributed by atoms with van der Waals surface area (Å²) in [5, 5.41) is 9.07. The van der Waals surface area contributed by atoms with Crippen molar-refractivity contribution in [3.8, 4) is 0 Å². The van der Waals surface area contributed by atoms with Crippen LogP contribution < -0.4 is 5.32 Å². The van der Waals surface area contributed by atoms with Gasteiger partial charge in [0, 0.05) is 25.6 Å². The number of benzene rings is 1. The van der Waals surface area contributed by atoms with Crippen LogP contribution in [0.3, 0.4) is 0 Å². The van der Waals surface area contributed by atoms with Crippen molar-refractivity contribution in [3.05, 3.63) is 47.1 Å². The highest BCUT2D eigenvalue weighted by molar-refractivity contribution is 5.27. The molecule has 3 atom stereocenters. The van der Waals surface area contributed by atoms with E-state index in [0.29, 0.717) is 18.4 Å². The fourth-order valence-electron chi connectivity index (χ4n) is 4.47. The molecular weight excluding hydrogens is 352 g/mol. The third-order valence-corrected chi connectivity index (χ3v) is 6.35. The summed E-state index contributed by atoms with van der Waals surface area (Å²) in [6.45, 7) is 6.32. The van der Waals surface area contributed by atoms with Crippen molar-refractivity contribution in [2.75, 3.05) is 32.8 Å². The van der Waals surface area contributed by atoms with Crippen LogP contribution in [0.5, 0.6) is 0 Å². The van der Waals surface area contributed by atoms with Gasteiger partial charge in [0.05, 0.1) is 25.3 Å². The maximum absolute atomic E-state index is 5.71. The summed E-state index contributed by atoms with van der Waals surface area (Å²) in [5.74, 6) is 2.93.